The van der Waals surface area contributed by atoms with Gasteiger partial charge in [-0.05, 0) is 26.3 Å². The molecule has 1 unspecified atom stereocenters. The topological polar surface area (TPSA) is 40.5 Å². The number of nitrogens with zero attached hydrogens (tertiary/aromatic N) is 1. The zero-order valence-electron chi connectivity index (χ0n) is 9.91. The normalized spacial score (nSPS) is 27.1. The number of aliphatic carboxylic acids is 1. The molecule has 3 nitrogen and oxygen atoms in total. The van der Waals surface area contributed by atoms with Crippen LogP contribution in [0.25, 0.3) is 0 Å². The average Bonchev–Trinajstić information content (AvgIpc) is 2.55. The summed E-state index contributed by atoms with van der Waals surface area (Å²) in [6.07, 6.45) is 8.15. The van der Waals surface area contributed by atoms with Gasteiger partial charge in [-0.2, -0.15) is 0 Å². The first kappa shape index (κ1) is 12.5. The summed E-state index contributed by atoms with van der Waals surface area (Å²) >= 11 is 0. The number of hydrogen-bond donors (Lipinski definition) is 1. The maximum Gasteiger partial charge on any atom is 0.320 e. The first-order valence-electron chi connectivity index (χ1n) is 6.11. The highest BCUT2D eigenvalue weighted by molar-refractivity contribution is 5.73. The molecular weight excluding hydrogens is 190 g/mol. The lowest BCUT2D eigenvalue weighted by Crippen LogP contribution is -2.37. The van der Waals surface area contributed by atoms with Crippen molar-refractivity contribution in [2.24, 2.45) is 0 Å². The minimum absolute atomic E-state index is 0.235. The van der Waals surface area contributed by atoms with E-state index in [4.69, 9.17) is 5.11 Å². The largest absolute Gasteiger partial charge is 0.480 e. The fourth-order valence-electron chi connectivity index (χ4n) is 2.46. The number of unbranched alkanes of at least 4 members (excludes halogenated alkanes) is 3. The van der Waals surface area contributed by atoms with E-state index in [1.165, 1.54) is 32.1 Å². The number of hydrogen-bond acceptors (Lipinski definition) is 2. The monoisotopic (exact) mass is 213 g/mol. The second kappa shape index (κ2) is 6.11. The minimum atomic E-state index is -0.659. The van der Waals surface area contributed by atoms with Gasteiger partial charge in [0.2, 0.25) is 0 Å². The molecule has 1 aliphatic rings. The van der Waals surface area contributed by atoms with Crippen molar-refractivity contribution in [3.05, 3.63) is 0 Å². The molecule has 0 aromatic rings. The van der Waals surface area contributed by atoms with Crippen LogP contribution in [-0.2, 0) is 4.79 Å². The van der Waals surface area contributed by atoms with Gasteiger partial charge in [-0.3, -0.25) is 9.69 Å². The third kappa shape index (κ3) is 3.49. The van der Waals surface area contributed by atoms with Crippen molar-refractivity contribution in [3.63, 3.8) is 0 Å². The Morgan fingerprint density at radius 2 is 2.07 bits per heavy atom. The van der Waals surface area contributed by atoms with Crippen LogP contribution >= 0.6 is 0 Å². The standard InChI is InChI=1S/C12H23NO2/c1-3-4-5-6-7-10-8-9-11(12(14)15)13(10)2/h10-11H,3-9H2,1-2H3,(H,14,15)/t10?,11-/m0/s1. The van der Waals surface area contributed by atoms with E-state index < -0.39 is 5.97 Å². The van der Waals surface area contributed by atoms with Gasteiger partial charge in [0.15, 0.2) is 0 Å². The molecule has 0 amide bonds. The molecule has 0 radical (unpaired) electrons. The molecule has 1 heterocycles. The maximum atomic E-state index is 10.9. The molecule has 0 aliphatic carbocycles. The Labute approximate surface area is 92.5 Å². The van der Waals surface area contributed by atoms with Gasteiger partial charge >= 0.3 is 5.97 Å². The van der Waals surface area contributed by atoms with E-state index in [9.17, 15) is 4.79 Å². The van der Waals surface area contributed by atoms with Crippen LogP contribution in [0.15, 0.2) is 0 Å². The molecule has 15 heavy (non-hydrogen) atoms. The Morgan fingerprint density at radius 3 is 2.60 bits per heavy atom. The number of likely N-dealkylation sites (N-methyl/N-ethyl adjacent to an activating group) is 1. The molecule has 3 heteroatoms. The summed E-state index contributed by atoms with van der Waals surface area (Å²) < 4.78 is 0. The fourth-order valence-corrected chi connectivity index (χ4v) is 2.46. The van der Waals surface area contributed by atoms with Gasteiger partial charge in [0.1, 0.15) is 6.04 Å². The third-order valence-electron chi connectivity index (χ3n) is 3.52. The maximum absolute atomic E-state index is 10.9. The van der Waals surface area contributed by atoms with Crippen LogP contribution in [0.2, 0.25) is 0 Å². The van der Waals surface area contributed by atoms with Crippen LogP contribution in [-0.4, -0.2) is 35.1 Å². The molecular formula is C12H23NO2. The van der Waals surface area contributed by atoms with E-state index in [-0.39, 0.29) is 6.04 Å². The molecule has 2 atom stereocenters. The quantitative estimate of drug-likeness (QED) is 0.689. The summed E-state index contributed by atoms with van der Waals surface area (Å²) in [5.41, 5.74) is 0. The summed E-state index contributed by atoms with van der Waals surface area (Å²) in [5.74, 6) is -0.659. The van der Waals surface area contributed by atoms with Gasteiger partial charge < -0.3 is 5.11 Å². The Hall–Kier alpha value is -0.570. The molecule has 1 aliphatic heterocycles. The van der Waals surface area contributed by atoms with E-state index in [2.05, 4.69) is 6.92 Å². The highest BCUT2D eigenvalue weighted by atomic mass is 16.4. The number of carbonyl (C=O) groups is 1. The van der Waals surface area contributed by atoms with Gasteiger partial charge in [-0.25, -0.2) is 0 Å². The fraction of sp³-hybridized carbons (Fsp3) is 0.917. The third-order valence-corrected chi connectivity index (χ3v) is 3.52. The lowest BCUT2D eigenvalue weighted by molar-refractivity contribution is -0.142. The Bertz CT molecular complexity index is 206. The molecule has 0 saturated carbocycles. The van der Waals surface area contributed by atoms with Gasteiger partial charge in [0, 0.05) is 6.04 Å². The molecule has 1 fully saturated rings. The van der Waals surface area contributed by atoms with Crippen LogP contribution in [0.1, 0.15) is 51.9 Å². The predicted molar refractivity (Wildman–Crippen MR) is 61.0 cm³/mol. The van der Waals surface area contributed by atoms with Crippen molar-refractivity contribution in [1.29, 1.82) is 0 Å². The van der Waals surface area contributed by atoms with Gasteiger partial charge in [0.25, 0.3) is 0 Å². The number of carboxylic acid groups (broad SMARTS) is 1. The van der Waals surface area contributed by atoms with Crippen LogP contribution < -0.4 is 0 Å². The van der Waals surface area contributed by atoms with E-state index in [0.717, 1.165) is 12.8 Å². The van der Waals surface area contributed by atoms with Crippen LogP contribution in [0.5, 0.6) is 0 Å². The van der Waals surface area contributed by atoms with Crippen molar-refractivity contribution in [3.8, 4) is 0 Å². The van der Waals surface area contributed by atoms with Crippen LogP contribution in [0, 0.1) is 0 Å². The van der Waals surface area contributed by atoms with E-state index in [1.54, 1.807) is 0 Å². The van der Waals surface area contributed by atoms with E-state index in [1.807, 2.05) is 11.9 Å². The van der Waals surface area contributed by atoms with Crippen LogP contribution in [0.3, 0.4) is 0 Å². The second-order valence-corrected chi connectivity index (χ2v) is 4.60. The number of carboxylic acids is 1. The first-order valence-corrected chi connectivity index (χ1v) is 6.11. The zero-order chi connectivity index (χ0) is 11.3. The summed E-state index contributed by atoms with van der Waals surface area (Å²) in [6, 6.07) is 0.268. The van der Waals surface area contributed by atoms with E-state index >= 15 is 0 Å². The SMILES string of the molecule is CCCCCCC1CC[C@@H](C(=O)O)N1C. The lowest BCUT2D eigenvalue weighted by atomic mass is 10.1. The van der Waals surface area contributed by atoms with Crippen LogP contribution in [0.4, 0.5) is 0 Å². The number of likely N-dealkylation sites (tertiary alicyclic amines) is 1. The van der Waals surface area contributed by atoms with Gasteiger partial charge in [-0.15, -0.1) is 0 Å². The average molecular weight is 213 g/mol. The Balaban J connectivity index is 2.24. The van der Waals surface area contributed by atoms with Crippen molar-refractivity contribution >= 4 is 5.97 Å². The number of rotatable bonds is 6. The highest BCUT2D eigenvalue weighted by Gasteiger charge is 2.34. The van der Waals surface area contributed by atoms with Gasteiger partial charge in [-0.1, -0.05) is 32.6 Å². The Kier molecular flexibility index (Phi) is 5.09. The molecule has 0 aromatic heterocycles. The van der Waals surface area contributed by atoms with Gasteiger partial charge in [0.05, 0.1) is 0 Å². The smallest absolute Gasteiger partial charge is 0.320 e. The second-order valence-electron chi connectivity index (χ2n) is 4.60. The summed E-state index contributed by atoms with van der Waals surface area (Å²) in [4.78, 5) is 12.9. The van der Waals surface area contributed by atoms with Crippen molar-refractivity contribution in [2.75, 3.05) is 7.05 Å². The van der Waals surface area contributed by atoms with Crippen molar-refractivity contribution < 1.29 is 9.90 Å². The molecule has 88 valence electrons. The predicted octanol–water partition coefficient (Wildman–Crippen LogP) is 2.50. The highest BCUT2D eigenvalue weighted by Crippen LogP contribution is 2.26. The molecule has 1 rings (SSSR count). The first-order chi connectivity index (χ1) is 7.16. The Morgan fingerprint density at radius 1 is 1.33 bits per heavy atom. The molecule has 1 saturated heterocycles. The molecule has 0 bridgehead atoms. The summed E-state index contributed by atoms with van der Waals surface area (Å²) in [5, 5.41) is 8.97. The molecule has 0 aromatic carbocycles. The molecule has 0 spiro atoms. The zero-order valence-corrected chi connectivity index (χ0v) is 9.91. The molecule has 1 N–H and O–H groups in total. The summed E-state index contributed by atoms with van der Waals surface area (Å²) in [7, 11) is 1.95. The summed E-state index contributed by atoms with van der Waals surface area (Å²) in [6.45, 7) is 2.21. The lowest BCUT2D eigenvalue weighted by Gasteiger charge is -2.23. The van der Waals surface area contributed by atoms with Crippen molar-refractivity contribution in [2.45, 2.75) is 64.0 Å². The van der Waals surface area contributed by atoms with Crippen molar-refractivity contribution in [1.82, 2.24) is 4.90 Å². The minimum Gasteiger partial charge on any atom is -0.480 e. The van der Waals surface area contributed by atoms with E-state index in [0.29, 0.717) is 6.04 Å².